The lowest BCUT2D eigenvalue weighted by molar-refractivity contribution is 0.299. The third-order valence-corrected chi connectivity index (χ3v) is 2.66. The van der Waals surface area contributed by atoms with Gasteiger partial charge in [-0.15, -0.1) is 0 Å². The van der Waals surface area contributed by atoms with Crippen molar-refractivity contribution in [3.8, 4) is 5.75 Å². The maximum Gasteiger partial charge on any atom is 0.138 e. The molecule has 2 aromatic rings. The number of aromatic nitrogens is 2. The van der Waals surface area contributed by atoms with Crippen LogP contribution in [-0.4, -0.2) is 9.97 Å². The van der Waals surface area contributed by atoms with Crippen LogP contribution in [0.1, 0.15) is 11.3 Å². The quantitative estimate of drug-likeness (QED) is 0.810. The molecule has 0 aliphatic rings. The summed E-state index contributed by atoms with van der Waals surface area (Å²) in [7, 11) is 0. The van der Waals surface area contributed by atoms with Gasteiger partial charge in [0.15, 0.2) is 0 Å². The summed E-state index contributed by atoms with van der Waals surface area (Å²) in [5.41, 5.74) is 2.08. The van der Waals surface area contributed by atoms with Gasteiger partial charge in [0.05, 0.1) is 11.9 Å². The van der Waals surface area contributed by atoms with Gasteiger partial charge < -0.3 is 4.74 Å². The van der Waals surface area contributed by atoms with Gasteiger partial charge in [-0.05, 0) is 46.6 Å². The van der Waals surface area contributed by atoms with Crippen molar-refractivity contribution in [3.63, 3.8) is 0 Å². The molecule has 2 rings (SSSR count). The van der Waals surface area contributed by atoms with Crippen LogP contribution >= 0.6 is 15.9 Å². The highest BCUT2D eigenvalue weighted by Gasteiger charge is 2.00. The Labute approximate surface area is 103 Å². The van der Waals surface area contributed by atoms with E-state index in [-0.39, 0.29) is 0 Å². The number of rotatable bonds is 3. The van der Waals surface area contributed by atoms with Crippen molar-refractivity contribution in [1.82, 2.24) is 9.97 Å². The molecule has 16 heavy (non-hydrogen) atoms. The van der Waals surface area contributed by atoms with Crippen LogP contribution in [0.25, 0.3) is 0 Å². The monoisotopic (exact) mass is 278 g/mol. The second-order valence-corrected chi connectivity index (χ2v) is 4.18. The van der Waals surface area contributed by atoms with Crippen molar-refractivity contribution in [3.05, 3.63) is 52.5 Å². The topological polar surface area (TPSA) is 35.0 Å². The Hall–Kier alpha value is -1.42. The predicted octanol–water partition coefficient (Wildman–Crippen LogP) is 3.13. The van der Waals surface area contributed by atoms with E-state index >= 15 is 0 Å². The van der Waals surface area contributed by atoms with E-state index in [4.69, 9.17) is 4.74 Å². The van der Waals surface area contributed by atoms with E-state index in [0.717, 1.165) is 21.6 Å². The van der Waals surface area contributed by atoms with E-state index in [1.54, 1.807) is 12.4 Å². The fourth-order valence-electron chi connectivity index (χ4n) is 1.27. The van der Waals surface area contributed by atoms with E-state index in [2.05, 4.69) is 25.9 Å². The van der Waals surface area contributed by atoms with E-state index in [1.165, 1.54) is 0 Å². The molecule has 0 radical (unpaired) electrons. The molecular weight excluding hydrogens is 268 g/mol. The third kappa shape index (κ3) is 2.79. The van der Waals surface area contributed by atoms with Crippen LogP contribution in [0.15, 0.2) is 41.3 Å². The van der Waals surface area contributed by atoms with Gasteiger partial charge in [-0.1, -0.05) is 6.07 Å². The first-order valence-corrected chi connectivity index (χ1v) is 5.70. The molecule has 0 saturated heterocycles. The van der Waals surface area contributed by atoms with Crippen molar-refractivity contribution in [2.75, 3.05) is 0 Å². The number of aryl methyl sites for hydroxylation is 1. The van der Waals surface area contributed by atoms with E-state index in [9.17, 15) is 0 Å². The number of halogens is 1. The third-order valence-electron chi connectivity index (χ3n) is 2.19. The van der Waals surface area contributed by atoms with Crippen molar-refractivity contribution in [1.29, 1.82) is 0 Å². The summed E-state index contributed by atoms with van der Waals surface area (Å²) in [5.74, 6) is 0.744. The summed E-state index contributed by atoms with van der Waals surface area (Å²) in [6.07, 6.45) is 3.45. The van der Waals surface area contributed by atoms with Gasteiger partial charge in [0, 0.05) is 6.20 Å². The second kappa shape index (κ2) is 5.07. The average Bonchev–Trinajstić information content (AvgIpc) is 2.30. The van der Waals surface area contributed by atoms with Gasteiger partial charge in [-0.2, -0.15) is 0 Å². The lowest BCUT2D eigenvalue weighted by Crippen LogP contribution is -2.00. The maximum absolute atomic E-state index is 5.58. The molecule has 0 aromatic carbocycles. The molecule has 0 saturated carbocycles. The van der Waals surface area contributed by atoms with Gasteiger partial charge in [0.25, 0.3) is 0 Å². The van der Waals surface area contributed by atoms with Crippen molar-refractivity contribution in [2.24, 2.45) is 0 Å². The molecule has 0 fully saturated rings. The molecule has 0 atom stereocenters. The molecule has 0 amide bonds. The normalized spacial score (nSPS) is 10.1. The molecule has 2 aromatic heterocycles. The van der Waals surface area contributed by atoms with E-state index < -0.39 is 0 Å². The SMILES string of the molecule is Cc1cccnc1COc1ccc(Br)nc1. The summed E-state index contributed by atoms with van der Waals surface area (Å²) >= 11 is 3.27. The molecule has 2 heterocycles. The van der Waals surface area contributed by atoms with Crippen LogP contribution in [-0.2, 0) is 6.61 Å². The minimum Gasteiger partial charge on any atom is -0.486 e. The molecule has 0 unspecified atom stereocenters. The molecule has 3 nitrogen and oxygen atoms in total. The summed E-state index contributed by atoms with van der Waals surface area (Å²) in [6, 6.07) is 7.65. The maximum atomic E-state index is 5.58. The Morgan fingerprint density at radius 3 is 2.81 bits per heavy atom. The average molecular weight is 279 g/mol. The predicted molar refractivity (Wildman–Crippen MR) is 65.2 cm³/mol. The van der Waals surface area contributed by atoms with Gasteiger partial charge in [-0.3, -0.25) is 4.98 Å². The zero-order chi connectivity index (χ0) is 11.4. The number of pyridine rings is 2. The lowest BCUT2D eigenvalue weighted by atomic mass is 10.2. The second-order valence-electron chi connectivity index (χ2n) is 3.37. The first-order chi connectivity index (χ1) is 7.75. The van der Waals surface area contributed by atoms with Crippen LogP contribution in [0.4, 0.5) is 0 Å². The van der Waals surface area contributed by atoms with Crippen LogP contribution < -0.4 is 4.74 Å². The van der Waals surface area contributed by atoms with Crippen molar-refractivity contribution < 1.29 is 4.74 Å². The molecule has 0 aliphatic heterocycles. The number of hydrogen-bond acceptors (Lipinski definition) is 3. The first-order valence-electron chi connectivity index (χ1n) is 4.90. The van der Waals surface area contributed by atoms with Crippen molar-refractivity contribution >= 4 is 15.9 Å². The van der Waals surface area contributed by atoms with E-state index in [0.29, 0.717) is 6.61 Å². The highest BCUT2D eigenvalue weighted by Crippen LogP contribution is 2.14. The van der Waals surface area contributed by atoms with Gasteiger partial charge in [0.1, 0.15) is 17.0 Å². The van der Waals surface area contributed by atoms with Gasteiger partial charge in [-0.25, -0.2) is 4.98 Å². The van der Waals surface area contributed by atoms with Crippen LogP contribution in [0, 0.1) is 6.92 Å². The van der Waals surface area contributed by atoms with Crippen LogP contribution in [0.3, 0.4) is 0 Å². The summed E-state index contributed by atoms with van der Waals surface area (Å²) in [5, 5.41) is 0. The molecule has 4 heteroatoms. The molecule has 0 aliphatic carbocycles. The minimum absolute atomic E-state index is 0.468. The largest absolute Gasteiger partial charge is 0.486 e. The standard InChI is InChI=1S/C12H11BrN2O/c1-9-3-2-6-14-11(9)8-16-10-4-5-12(13)15-7-10/h2-7H,8H2,1H3. The summed E-state index contributed by atoms with van der Waals surface area (Å²) < 4.78 is 6.38. The zero-order valence-electron chi connectivity index (χ0n) is 8.85. The minimum atomic E-state index is 0.468. The number of nitrogens with zero attached hydrogens (tertiary/aromatic N) is 2. The molecule has 0 bridgehead atoms. The number of hydrogen-bond donors (Lipinski definition) is 0. The molecule has 82 valence electrons. The lowest BCUT2D eigenvalue weighted by Gasteiger charge is -2.06. The Morgan fingerprint density at radius 2 is 2.12 bits per heavy atom. The van der Waals surface area contributed by atoms with Gasteiger partial charge in [0.2, 0.25) is 0 Å². The number of ether oxygens (including phenoxy) is 1. The summed E-state index contributed by atoms with van der Waals surface area (Å²) in [6.45, 7) is 2.49. The molecule has 0 spiro atoms. The Balaban J connectivity index is 2.02. The fraction of sp³-hybridized carbons (Fsp3) is 0.167. The van der Waals surface area contributed by atoms with Gasteiger partial charge >= 0.3 is 0 Å². The van der Waals surface area contributed by atoms with E-state index in [1.807, 2.05) is 31.2 Å². The Kier molecular flexibility index (Phi) is 3.51. The first kappa shape index (κ1) is 11.1. The molecular formula is C12H11BrN2O. The van der Waals surface area contributed by atoms with Crippen molar-refractivity contribution in [2.45, 2.75) is 13.5 Å². The molecule has 0 N–H and O–H groups in total. The summed E-state index contributed by atoms with van der Waals surface area (Å²) in [4.78, 5) is 8.34. The highest BCUT2D eigenvalue weighted by atomic mass is 79.9. The van der Waals surface area contributed by atoms with Crippen LogP contribution in [0.5, 0.6) is 5.75 Å². The Morgan fingerprint density at radius 1 is 1.25 bits per heavy atom. The fourth-order valence-corrected chi connectivity index (χ4v) is 1.50. The van der Waals surface area contributed by atoms with Crippen LogP contribution in [0.2, 0.25) is 0 Å². The Bertz CT molecular complexity index is 471. The highest BCUT2D eigenvalue weighted by molar-refractivity contribution is 9.10. The zero-order valence-corrected chi connectivity index (χ0v) is 10.4. The smallest absolute Gasteiger partial charge is 0.138 e.